The van der Waals surface area contributed by atoms with E-state index in [9.17, 15) is 0 Å². The normalized spacial score (nSPS) is 14.8. The molecule has 1 heterocycles. The van der Waals surface area contributed by atoms with Crippen molar-refractivity contribution in [2.24, 2.45) is 13.0 Å². The van der Waals surface area contributed by atoms with Gasteiger partial charge in [0.1, 0.15) is 5.82 Å². The third-order valence-electron chi connectivity index (χ3n) is 3.37. The van der Waals surface area contributed by atoms with Crippen molar-refractivity contribution in [2.45, 2.75) is 32.7 Å². The van der Waals surface area contributed by atoms with Gasteiger partial charge >= 0.3 is 0 Å². The molecule has 0 fully saturated rings. The highest BCUT2D eigenvalue weighted by Crippen LogP contribution is 2.11. The number of imidazole rings is 1. The van der Waals surface area contributed by atoms with E-state index in [1.54, 1.807) is 7.11 Å². The number of hydrogen-bond donors (Lipinski definition) is 1. The smallest absolute Gasteiger partial charge is 0.108 e. The molecule has 0 saturated heterocycles. The van der Waals surface area contributed by atoms with Crippen LogP contribution in [0.2, 0.25) is 0 Å². The first-order valence-electron chi connectivity index (χ1n) is 6.33. The summed E-state index contributed by atoms with van der Waals surface area (Å²) in [4.78, 5) is 4.35. The molecule has 1 aromatic rings. The Morgan fingerprint density at radius 2 is 2.24 bits per heavy atom. The van der Waals surface area contributed by atoms with Gasteiger partial charge in [-0.25, -0.2) is 4.98 Å². The van der Waals surface area contributed by atoms with Crippen molar-refractivity contribution in [3.05, 3.63) is 18.2 Å². The molecule has 0 saturated carbocycles. The Labute approximate surface area is 104 Å². The molecule has 4 nitrogen and oxygen atoms in total. The number of nitrogens with one attached hydrogen (secondary N) is 1. The molecule has 2 unspecified atom stereocenters. The number of rotatable bonds is 8. The monoisotopic (exact) mass is 239 g/mol. The Balaban J connectivity index is 2.24. The van der Waals surface area contributed by atoms with Crippen molar-refractivity contribution in [1.29, 1.82) is 0 Å². The predicted molar refractivity (Wildman–Crippen MR) is 70.0 cm³/mol. The summed E-state index contributed by atoms with van der Waals surface area (Å²) in [5, 5.41) is 3.48. The fourth-order valence-corrected chi connectivity index (χ4v) is 1.83. The lowest BCUT2D eigenvalue weighted by Crippen LogP contribution is -2.34. The van der Waals surface area contributed by atoms with Crippen molar-refractivity contribution in [3.63, 3.8) is 0 Å². The standard InChI is InChI=1S/C13H25N3O/c1-11(12(2)14-8-10-17-4)5-6-13-15-7-9-16(13)3/h7,9,11-12,14H,5-6,8,10H2,1-4H3. The van der Waals surface area contributed by atoms with Crippen molar-refractivity contribution < 1.29 is 4.74 Å². The molecular formula is C13H25N3O. The van der Waals surface area contributed by atoms with Crippen LogP contribution in [-0.2, 0) is 18.2 Å². The van der Waals surface area contributed by atoms with Gasteiger partial charge in [0.25, 0.3) is 0 Å². The van der Waals surface area contributed by atoms with Crippen LogP contribution < -0.4 is 5.32 Å². The van der Waals surface area contributed by atoms with Crippen LogP contribution in [0.3, 0.4) is 0 Å². The zero-order valence-corrected chi connectivity index (χ0v) is 11.4. The van der Waals surface area contributed by atoms with Gasteiger partial charge < -0.3 is 14.6 Å². The highest BCUT2D eigenvalue weighted by atomic mass is 16.5. The number of aromatic nitrogens is 2. The molecule has 0 radical (unpaired) electrons. The summed E-state index contributed by atoms with van der Waals surface area (Å²) in [5.41, 5.74) is 0. The molecule has 4 heteroatoms. The van der Waals surface area contributed by atoms with E-state index < -0.39 is 0 Å². The minimum absolute atomic E-state index is 0.519. The van der Waals surface area contributed by atoms with Gasteiger partial charge in [0.05, 0.1) is 6.61 Å². The van der Waals surface area contributed by atoms with Crippen molar-refractivity contribution in [3.8, 4) is 0 Å². The van der Waals surface area contributed by atoms with E-state index in [2.05, 4.69) is 28.7 Å². The second kappa shape index (κ2) is 7.45. The van der Waals surface area contributed by atoms with Crippen LogP contribution in [0, 0.1) is 5.92 Å². The summed E-state index contributed by atoms with van der Waals surface area (Å²) in [7, 11) is 3.78. The Morgan fingerprint density at radius 3 is 2.82 bits per heavy atom. The molecule has 0 aliphatic rings. The SMILES string of the molecule is COCCNC(C)C(C)CCc1nccn1C. The van der Waals surface area contributed by atoms with Crippen LogP contribution in [0.1, 0.15) is 26.1 Å². The van der Waals surface area contributed by atoms with E-state index in [0.29, 0.717) is 12.0 Å². The summed E-state index contributed by atoms with van der Waals surface area (Å²) in [6.45, 7) is 6.22. The maximum Gasteiger partial charge on any atom is 0.108 e. The molecular weight excluding hydrogens is 214 g/mol. The molecule has 0 amide bonds. The van der Waals surface area contributed by atoms with Gasteiger partial charge in [0, 0.05) is 45.6 Å². The highest BCUT2D eigenvalue weighted by molar-refractivity contribution is 4.91. The van der Waals surface area contributed by atoms with Crippen LogP contribution in [0.4, 0.5) is 0 Å². The summed E-state index contributed by atoms with van der Waals surface area (Å²) in [5.74, 6) is 1.81. The average Bonchev–Trinajstić information content (AvgIpc) is 2.72. The minimum atomic E-state index is 0.519. The summed E-state index contributed by atoms with van der Waals surface area (Å²) in [6.07, 6.45) is 6.06. The molecule has 98 valence electrons. The lowest BCUT2D eigenvalue weighted by atomic mass is 9.97. The number of ether oxygens (including phenoxy) is 1. The Hall–Kier alpha value is -0.870. The summed E-state index contributed by atoms with van der Waals surface area (Å²) in [6, 6.07) is 0.519. The fraction of sp³-hybridized carbons (Fsp3) is 0.769. The third kappa shape index (κ3) is 4.88. The zero-order chi connectivity index (χ0) is 12.7. The summed E-state index contributed by atoms with van der Waals surface area (Å²) >= 11 is 0. The fourth-order valence-electron chi connectivity index (χ4n) is 1.83. The highest BCUT2D eigenvalue weighted by Gasteiger charge is 2.12. The number of methoxy groups -OCH3 is 1. The van der Waals surface area contributed by atoms with Gasteiger partial charge in [0.15, 0.2) is 0 Å². The molecule has 17 heavy (non-hydrogen) atoms. The van der Waals surface area contributed by atoms with Crippen molar-refractivity contribution >= 4 is 0 Å². The number of nitrogens with zero attached hydrogens (tertiary/aromatic N) is 2. The molecule has 0 bridgehead atoms. The van der Waals surface area contributed by atoms with Crippen LogP contribution >= 0.6 is 0 Å². The lowest BCUT2D eigenvalue weighted by molar-refractivity contribution is 0.192. The molecule has 1 N–H and O–H groups in total. The quantitative estimate of drug-likeness (QED) is 0.701. The van der Waals surface area contributed by atoms with E-state index in [4.69, 9.17) is 4.74 Å². The molecule has 2 atom stereocenters. The van der Waals surface area contributed by atoms with Gasteiger partial charge in [-0.1, -0.05) is 6.92 Å². The molecule has 0 aromatic carbocycles. The van der Waals surface area contributed by atoms with Crippen LogP contribution in [0.5, 0.6) is 0 Å². The van der Waals surface area contributed by atoms with Gasteiger partial charge in [-0.3, -0.25) is 0 Å². The third-order valence-corrected chi connectivity index (χ3v) is 3.37. The molecule has 1 rings (SSSR count). The lowest BCUT2D eigenvalue weighted by Gasteiger charge is -2.21. The second-order valence-corrected chi connectivity index (χ2v) is 4.71. The largest absolute Gasteiger partial charge is 0.383 e. The van der Waals surface area contributed by atoms with Crippen molar-refractivity contribution in [1.82, 2.24) is 14.9 Å². The topological polar surface area (TPSA) is 39.1 Å². The first-order valence-corrected chi connectivity index (χ1v) is 6.33. The van der Waals surface area contributed by atoms with E-state index in [0.717, 1.165) is 26.0 Å². The zero-order valence-electron chi connectivity index (χ0n) is 11.4. The molecule has 1 aromatic heterocycles. The van der Waals surface area contributed by atoms with Gasteiger partial charge in [-0.2, -0.15) is 0 Å². The molecule has 0 spiro atoms. The molecule has 0 aliphatic carbocycles. The van der Waals surface area contributed by atoms with Crippen molar-refractivity contribution in [2.75, 3.05) is 20.3 Å². The minimum Gasteiger partial charge on any atom is -0.383 e. The molecule has 0 aliphatic heterocycles. The van der Waals surface area contributed by atoms with Gasteiger partial charge in [-0.05, 0) is 19.3 Å². The maximum absolute atomic E-state index is 5.03. The van der Waals surface area contributed by atoms with Gasteiger partial charge in [0.2, 0.25) is 0 Å². The Morgan fingerprint density at radius 1 is 1.47 bits per heavy atom. The second-order valence-electron chi connectivity index (χ2n) is 4.71. The van der Waals surface area contributed by atoms with E-state index in [1.807, 2.05) is 19.4 Å². The first kappa shape index (κ1) is 14.2. The van der Waals surface area contributed by atoms with E-state index in [-0.39, 0.29) is 0 Å². The number of hydrogen-bond acceptors (Lipinski definition) is 3. The Kier molecular flexibility index (Phi) is 6.22. The average molecular weight is 239 g/mol. The number of aryl methyl sites for hydroxylation is 2. The first-order chi connectivity index (χ1) is 8.15. The predicted octanol–water partition coefficient (Wildman–Crippen LogP) is 1.61. The van der Waals surface area contributed by atoms with Gasteiger partial charge in [-0.15, -0.1) is 0 Å². The Bertz CT molecular complexity index is 311. The maximum atomic E-state index is 5.03. The van der Waals surface area contributed by atoms with Crippen LogP contribution in [-0.4, -0.2) is 35.9 Å². The van der Waals surface area contributed by atoms with Crippen LogP contribution in [0.15, 0.2) is 12.4 Å². The summed E-state index contributed by atoms with van der Waals surface area (Å²) < 4.78 is 7.12. The van der Waals surface area contributed by atoms with Crippen LogP contribution in [0.25, 0.3) is 0 Å². The van der Waals surface area contributed by atoms with E-state index >= 15 is 0 Å². The van der Waals surface area contributed by atoms with E-state index in [1.165, 1.54) is 5.82 Å².